The fourth-order valence-corrected chi connectivity index (χ4v) is 4.47. The molecule has 4 rings (SSSR count). The van der Waals surface area contributed by atoms with E-state index in [2.05, 4.69) is 45.7 Å². The minimum absolute atomic E-state index is 0.0945. The smallest absolute Gasteiger partial charge is 0.254 e. The van der Waals surface area contributed by atoms with E-state index in [-0.39, 0.29) is 11.9 Å². The molecule has 1 saturated heterocycles. The van der Waals surface area contributed by atoms with Crippen LogP contribution in [0, 0.1) is 6.92 Å². The molecule has 8 heteroatoms. The Labute approximate surface area is 150 Å². The van der Waals surface area contributed by atoms with Crippen LogP contribution in [0.5, 0.6) is 0 Å². The van der Waals surface area contributed by atoms with Crippen molar-refractivity contribution in [2.45, 2.75) is 19.9 Å². The van der Waals surface area contributed by atoms with E-state index in [1.54, 1.807) is 11.3 Å². The van der Waals surface area contributed by atoms with Gasteiger partial charge in [0.15, 0.2) is 0 Å². The number of fused-ring (bicyclic) bond motifs is 1. The number of allylic oxidation sites excluding steroid dienone is 1. The van der Waals surface area contributed by atoms with Crippen LogP contribution in [0.4, 0.5) is 5.95 Å². The molecule has 0 aliphatic carbocycles. The van der Waals surface area contributed by atoms with Crippen LogP contribution in [0.15, 0.2) is 29.0 Å². The summed E-state index contributed by atoms with van der Waals surface area (Å²) in [5.41, 5.74) is 2.81. The molecule has 0 radical (unpaired) electrons. The number of hydrogen-bond donors (Lipinski definition) is 1. The van der Waals surface area contributed by atoms with Crippen LogP contribution in [0.2, 0.25) is 0 Å². The second-order valence-electron chi connectivity index (χ2n) is 6.66. The molecule has 2 aromatic rings. The molecule has 25 heavy (non-hydrogen) atoms. The third kappa shape index (κ3) is 2.75. The predicted octanol–water partition coefficient (Wildman–Crippen LogP) is 1.71. The van der Waals surface area contributed by atoms with E-state index in [1.165, 1.54) is 11.9 Å². The van der Waals surface area contributed by atoms with Crippen LogP contribution in [0.25, 0.3) is 0 Å². The largest absolute Gasteiger partial charge is 0.336 e. The summed E-state index contributed by atoms with van der Waals surface area (Å²) in [6.07, 6.45) is 1.54. The molecular formula is C17H22N6OS. The molecule has 2 aliphatic rings. The van der Waals surface area contributed by atoms with Crippen molar-refractivity contribution in [1.29, 1.82) is 0 Å². The average molecular weight is 358 g/mol. The van der Waals surface area contributed by atoms with E-state index < -0.39 is 0 Å². The second-order valence-corrected chi connectivity index (χ2v) is 7.61. The van der Waals surface area contributed by atoms with E-state index in [4.69, 9.17) is 0 Å². The molecule has 2 aromatic heterocycles. The van der Waals surface area contributed by atoms with Gasteiger partial charge in [0.25, 0.3) is 5.91 Å². The molecule has 0 saturated carbocycles. The third-order valence-electron chi connectivity index (χ3n) is 4.97. The summed E-state index contributed by atoms with van der Waals surface area (Å²) < 4.78 is 1.83. The average Bonchev–Trinajstić information content (AvgIpc) is 3.22. The molecule has 1 fully saturated rings. The van der Waals surface area contributed by atoms with Crippen molar-refractivity contribution < 1.29 is 4.79 Å². The first kappa shape index (κ1) is 16.3. The Balaban J connectivity index is 1.76. The normalized spacial score (nSPS) is 21.2. The molecular weight excluding hydrogens is 336 g/mol. The van der Waals surface area contributed by atoms with E-state index in [0.29, 0.717) is 5.95 Å². The van der Waals surface area contributed by atoms with Gasteiger partial charge in [-0.15, -0.1) is 11.3 Å². The first-order valence-corrected chi connectivity index (χ1v) is 9.33. The summed E-state index contributed by atoms with van der Waals surface area (Å²) in [4.78, 5) is 23.0. The number of aromatic nitrogens is 3. The number of nitrogens with zero attached hydrogens (tertiary/aromatic N) is 5. The number of likely N-dealkylation sites (N-methyl/N-ethyl adjacent to an activating group) is 1. The molecule has 2 aliphatic heterocycles. The highest BCUT2D eigenvalue weighted by Crippen LogP contribution is 2.39. The molecule has 132 valence electrons. The number of anilines is 1. The zero-order valence-electron chi connectivity index (χ0n) is 14.7. The molecule has 7 nitrogen and oxygen atoms in total. The molecule has 1 amide bonds. The summed E-state index contributed by atoms with van der Waals surface area (Å²) in [5, 5.41) is 9.71. The van der Waals surface area contributed by atoms with E-state index >= 15 is 0 Å². The zero-order chi connectivity index (χ0) is 17.6. The van der Waals surface area contributed by atoms with Crippen LogP contribution in [-0.4, -0.2) is 63.7 Å². The maximum atomic E-state index is 13.4. The fraction of sp³-hybridized carbons (Fsp3) is 0.471. The third-order valence-corrected chi connectivity index (χ3v) is 6.04. The number of aryl methyl sites for hydroxylation is 1. The molecule has 0 spiro atoms. The van der Waals surface area contributed by atoms with Crippen molar-refractivity contribution in [2.75, 3.05) is 38.5 Å². The van der Waals surface area contributed by atoms with Gasteiger partial charge in [-0.1, -0.05) is 0 Å². The highest BCUT2D eigenvalue weighted by molar-refractivity contribution is 7.10. The molecule has 1 N–H and O–H groups in total. The zero-order valence-corrected chi connectivity index (χ0v) is 15.5. The van der Waals surface area contributed by atoms with Gasteiger partial charge in [-0.25, -0.2) is 4.68 Å². The van der Waals surface area contributed by atoms with Crippen LogP contribution in [0.1, 0.15) is 23.4 Å². The highest BCUT2D eigenvalue weighted by Gasteiger charge is 2.37. The number of carbonyl (C=O) groups excluding carboxylic acids is 1. The van der Waals surface area contributed by atoms with Crippen molar-refractivity contribution in [3.63, 3.8) is 0 Å². The van der Waals surface area contributed by atoms with Gasteiger partial charge in [-0.2, -0.15) is 10.1 Å². The summed E-state index contributed by atoms with van der Waals surface area (Å²) >= 11 is 1.66. The van der Waals surface area contributed by atoms with Crippen molar-refractivity contribution in [1.82, 2.24) is 24.6 Å². The standard InChI is InChI=1S/C17H22N6OS/c1-11-4-9-25-15(11)14-13(12(2)20-17-18-10-19-23(14)17)16(24)22-7-5-21(3)6-8-22/h4,9-10,14H,5-8H2,1-3H3,(H,18,19,20). The lowest BCUT2D eigenvalue weighted by molar-refractivity contribution is -0.129. The lowest BCUT2D eigenvalue weighted by Crippen LogP contribution is -2.49. The second kappa shape index (κ2) is 6.27. The Morgan fingerprint density at radius 1 is 1.28 bits per heavy atom. The molecule has 4 heterocycles. The van der Waals surface area contributed by atoms with Crippen molar-refractivity contribution >= 4 is 23.2 Å². The predicted molar refractivity (Wildman–Crippen MR) is 97.6 cm³/mol. The van der Waals surface area contributed by atoms with Gasteiger partial charge in [0, 0.05) is 36.8 Å². The summed E-state index contributed by atoms with van der Waals surface area (Å²) in [5.74, 6) is 0.780. The van der Waals surface area contributed by atoms with Gasteiger partial charge in [0.1, 0.15) is 12.4 Å². The number of piperazine rings is 1. The van der Waals surface area contributed by atoms with Crippen molar-refractivity contribution in [3.05, 3.63) is 39.5 Å². The van der Waals surface area contributed by atoms with Crippen molar-refractivity contribution in [2.24, 2.45) is 0 Å². The number of hydrogen-bond acceptors (Lipinski definition) is 6. The minimum Gasteiger partial charge on any atom is -0.336 e. The topological polar surface area (TPSA) is 66.3 Å². The minimum atomic E-state index is -0.217. The SMILES string of the molecule is CC1=C(C(=O)N2CCN(C)CC2)C(c2sccc2C)n2ncnc2N1. The van der Waals surface area contributed by atoms with Gasteiger partial charge in [0.2, 0.25) is 5.95 Å². The Kier molecular flexibility index (Phi) is 4.09. The number of amides is 1. The molecule has 0 bridgehead atoms. The quantitative estimate of drug-likeness (QED) is 0.885. The molecule has 1 unspecified atom stereocenters. The van der Waals surface area contributed by atoms with E-state index in [0.717, 1.165) is 42.3 Å². The Hall–Kier alpha value is -2.19. The van der Waals surface area contributed by atoms with Crippen molar-refractivity contribution in [3.8, 4) is 0 Å². The maximum Gasteiger partial charge on any atom is 0.254 e. The Morgan fingerprint density at radius 2 is 2.04 bits per heavy atom. The number of nitrogens with one attached hydrogen (secondary N) is 1. The van der Waals surface area contributed by atoms with Crippen LogP contribution in [0.3, 0.4) is 0 Å². The summed E-state index contributed by atoms with van der Waals surface area (Å²) in [6, 6.07) is 1.87. The van der Waals surface area contributed by atoms with Crippen LogP contribution in [-0.2, 0) is 4.79 Å². The first-order valence-electron chi connectivity index (χ1n) is 8.45. The van der Waals surface area contributed by atoms with Gasteiger partial charge in [-0.3, -0.25) is 4.79 Å². The number of carbonyl (C=O) groups is 1. The highest BCUT2D eigenvalue weighted by atomic mass is 32.1. The van der Waals surface area contributed by atoms with E-state index in [1.807, 2.05) is 16.5 Å². The number of thiophene rings is 1. The van der Waals surface area contributed by atoms with Crippen LogP contribution < -0.4 is 5.32 Å². The van der Waals surface area contributed by atoms with Crippen LogP contribution >= 0.6 is 11.3 Å². The summed E-state index contributed by atoms with van der Waals surface area (Å²) in [6.45, 7) is 7.36. The first-order chi connectivity index (χ1) is 12.1. The maximum absolute atomic E-state index is 13.4. The Bertz CT molecular complexity index is 830. The van der Waals surface area contributed by atoms with Gasteiger partial charge in [0.05, 0.1) is 5.57 Å². The Morgan fingerprint density at radius 3 is 2.72 bits per heavy atom. The van der Waals surface area contributed by atoms with E-state index in [9.17, 15) is 4.79 Å². The fourth-order valence-electron chi connectivity index (χ4n) is 3.45. The molecule has 1 atom stereocenters. The number of rotatable bonds is 2. The molecule has 0 aromatic carbocycles. The van der Waals surface area contributed by atoms with Gasteiger partial charge < -0.3 is 15.1 Å². The lowest BCUT2D eigenvalue weighted by atomic mass is 9.98. The monoisotopic (exact) mass is 358 g/mol. The lowest BCUT2D eigenvalue weighted by Gasteiger charge is -2.36. The summed E-state index contributed by atoms with van der Waals surface area (Å²) in [7, 11) is 2.09. The van der Waals surface area contributed by atoms with Gasteiger partial charge in [-0.05, 0) is 37.9 Å². The van der Waals surface area contributed by atoms with Gasteiger partial charge >= 0.3 is 0 Å².